The van der Waals surface area contributed by atoms with E-state index in [1.807, 2.05) is 34.5 Å². The maximum atomic E-state index is 12.9. The highest BCUT2D eigenvalue weighted by Gasteiger charge is 2.24. The van der Waals surface area contributed by atoms with Crippen molar-refractivity contribution in [2.45, 2.75) is 47.0 Å². The van der Waals surface area contributed by atoms with Crippen LogP contribution in [-0.4, -0.2) is 6.79 Å². The van der Waals surface area contributed by atoms with Crippen molar-refractivity contribution in [3.05, 3.63) is 34.9 Å². The van der Waals surface area contributed by atoms with Gasteiger partial charge in [-0.2, -0.15) is 0 Å². The quantitative estimate of drug-likeness (QED) is 0.748. The molecule has 0 aliphatic carbocycles. The van der Waals surface area contributed by atoms with E-state index < -0.39 is 5.92 Å². The molecule has 0 fully saturated rings. The van der Waals surface area contributed by atoms with Crippen LogP contribution in [-0.2, 0) is 17.1 Å². The molecule has 0 bridgehead atoms. The summed E-state index contributed by atoms with van der Waals surface area (Å²) in [6.07, 6.45) is 0.801. The first-order valence-corrected chi connectivity index (χ1v) is 5.72. The van der Waals surface area contributed by atoms with Crippen molar-refractivity contribution in [2.24, 2.45) is 0 Å². The summed E-state index contributed by atoms with van der Waals surface area (Å²) in [7, 11) is 0. The monoisotopic (exact) mass is 244 g/mol. The van der Waals surface area contributed by atoms with Crippen LogP contribution in [0, 0.1) is 6.92 Å². The van der Waals surface area contributed by atoms with Crippen LogP contribution in [0.25, 0.3) is 0 Å². The van der Waals surface area contributed by atoms with Crippen LogP contribution >= 0.6 is 0 Å². The van der Waals surface area contributed by atoms with Gasteiger partial charge in [-0.25, -0.2) is 8.78 Å². The Balaban J connectivity index is 0. The van der Waals surface area contributed by atoms with Crippen molar-refractivity contribution < 1.29 is 13.6 Å². The molecule has 1 aromatic rings. The van der Waals surface area contributed by atoms with E-state index in [1.165, 1.54) is 6.07 Å². The Kier molecular flexibility index (Phi) is 9.44. The number of carbonyl (C=O) groups is 1. The molecule has 0 N–H and O–H groups in total. The predicted octanol–water partition coefficient (Wildman–Crippen LogP) is 4.51. The summed E-state index contributed by atoms with van der Waals surface area (Å²) in [4.78, 5) is 8.00. The highest BCUT2D eigenvalue weighted by Crippen LogP contribution is 2.28. The Bertz CT molecular complexity index is 316. The van der Waals surface area contributed by atoms with Gasteiger partial charge >= 0.3 is 0 Å². The lowest BCUT2D eigenvalue weighted by Crippen LogP contribution is -2.07. The minimum atomic E-state index is -2.72. The standard InChI is InChI=1S/C11H14F2.C2H6.CH2O/c1-4-9-7-10(11(3,12)13)6-5-8(9)2;2*1-2/h5-7H,4H2,1-3H3;1-2H3;1H2. The topological polar surface area (TPSA) is 17.1 Å². The third kappa shape index (κ3) is 6.15. The second kappa shape index (κ2) is 8.85. The molecule has 0 atom stereocenters. The van der Waals surface area contributed by atoms with E-state index in [-0.39, 0.29) is 5.56 Å². The third-order valence-electron chi connectivity index (χ3n) is 2.24. The SMILES string of the molecule is C=O.CC.CCc1cc(C(C)(F)F)ccc1C. The molecule has 98 valence electrons. The van der Waals surface area contributed by atoms with E-state index in [0.717, 1.165) is 24.5 Å². The molecule has 17 heavy (non-hydrogen) atoms. The van der Waals surface area contributed by atoms with Gasteiger partial charge in [0.1, 0.15) is 6.79 Å². The first-order chi connectivity index (χ1) is 7.95. The van der Waals surface area contributed by atoms with E-state index in [1.54, 1.807) is 12.1 Å². The number of hydrogen-bond donors (Lipinski definition) is 0. The average Bonchev–Trinajstić information content (AvgIpc) is 2.33. The van der Waals surface area contributed by atoms with Crippen molar-refractivity contribution in [3.63, 3.8) is 0 Å². The highest BCUT2D eigenvalue weighted by atomic mass is 19.3. The number of benzene rings is 1. The van der Waals surface area contributed by atoms with Gasteiger partial charge in [0.05, 0.1) is 0 Å². The molecule has 1 aromatic carbocycles. The summed E-state index contributed by atoms with van der Waals surface area (Å²) in [6, 6.07) is 4.84. The molecular weight excluding hydrogens is 222 g/mol. The lowest BCUT2D eigenvalue weighted by atomic mass is 10.0. The smallest absolute Gasteiger partial charge is 0.270 e. The molecule has 0 unspecified atom stereocenters. The van der Waals surface area contributed by atoms with Crippen LogP contribution in [0.5, 0.6) is 0 Å². The average molecular weight is 244 g/mol. The summed E-state index contributed by atoms with van der Waals surface area (Å²) in [5.74, 6) is -2.72. The number of aryl methyl sites for hydroxylation is 2. The zero-order valence-electron chi connectivity index (χ0n) is 11.3. The van der Waals surface area contributed by atoms with E-state index >= 15 is 0 Å². The normalized spacial score (nSPS) is 9.59. The van der Waals surface area contributed by atoms with Crippen molar-refractivity contribution >= 4 is 6.79 Å². The van der Waals surface area contributed by atoms with E-state index in [2.05, 4.69) is 0 Å². The molecule has 0 aromatic heterocycles. The van der Waals surface area contributed by atoms with Gasteiger partial charge in [-0.15, -0.1) is 0 Å². The number of alkyl halides is 2. The molecule has 0 amide bonds. The Morgan fingerprint density at radius 1 is 1.24 bits per heavy atom. The largest absolute Gasteiger partial charge is 0.307 e. The summed E-state index contributed by atoms with van der Waals surface area (Å²) in [6.45, 7) is 10.8. The second-order valence-electron chi connectivity index (χ2n) is 3.38. The van der Waals surface area contributed by atoms with Crippen LogP contribution in [0.1, 0.15) is 44.4 Å². The van der Waals surface area contributed by atoms with Crippen LogP contribution < -0.4 is 0 Å². The van der Waals surface area contributed by atoms with Crippen LogP contribution in [0.15, 0.2) is 18.2 Å². The Morgan fingerprint density at radius 3 is 2.06 bits per heavy atom. The Labute approximate surface area is 103 Å². The van der Waals surface area contributed by atoms with Gasteiger partial charge in [0.2, 0.25) is 0 Å². The molecule has 0 heterocycles. The summed E-state index contributed by atoms with van der Waals surface area (Å²) in [5.41, 5.74) is 2.18. The van der Waals surface area contributed by atoms with Gasteiger partial charge in [-0.3, -0.25) is 0 Å². The summed E-state index contributed by atoms with van der Waals surface area (Å²) in [5, 5.41) is 0. The van der Waals surface area contributed by atoms with Gasteiger partial charge in [0, 0.05) is 12.5 Å². The van der Waals surface area contributed by atoms with E-state index in [0.29, 0.717) is 0 Å². The molecule has 1 rings (SSSR count). The van der Waals surface area contributed by atoms with E-state index in [4.69, 9.17) is 4.79 Å². The Morgan fingerprint density at radius 2 is 1.71 bits per heavy atom. The maximum Gasteiger partial charge on any atom is 0.270 e. The molecular formula is C14H22F2O. The van der Waals surface area contributed by atoms with Crippen LogP contribution in [0.4, 0.5) is 8.78 Å². The maximum absolute atomic E-state index is 12.9. The van der Waals surface area contributed by atoms with Crippen molar-refractivity contribution in [3.8, 4) is 0 Å². The predicted molar refractivity (Wildman–Crippen MR) is 68.6 cm³/mol. The molecule has 0 aliphatic heterocycles. The van der Waals surface area contributed by atoms with Crippen LogP contribution in [0.3, 0.4) is 0 Å². The lowest BCUT2D eigenvalue weighted by Gasteiger charge is -2.12. The van der Waals surface area contributed by atoms with Gasteiger partial charge in [-0.05, 0) is 30.5 Å². The van der Waals surface area contributed by atoms with Gasteiger partial charge < -0.3 is 4.79 Å². The van der Waals surface area contributed by atoms with Gasteiger partial charge in [0.15, 0.2) is 0 Å². The van der Waals surface area contributed by atoms with Crippen LogP contribution in [0.2, 0.25) is 0 Å². The molecule has 1 nitrogen and oxygen atoms in total. The fourth-order valence-electron chi connectivity index (χ4n) is 1.33. The summed E-state index contributed by atoms with van der Waals surface area (Å²) >= 11 is 0. The molecule has 0 radical (unpaired) electrons. The third-order valence-corrected chi connectivity index (χ3v) is 2.24. The molecule has 3 heteroatoms. The second-order valence-corrected chi connectivity index (χ2v) is 3.38. The number of halogens is 2. The molecule has 0 saturated heterocycles. The number of carbonyl (C=O) groups excluding carboxylic acids is 1. The van der Waals surface area contributed by atoms with Crippen molar-refractivity contribution in [1.82, 2.24) is 0 Å². The zero-order chi connectivity index (χ0) is 14.1. The van der Waals surface area contributed by atoms with Crippen molar-refractivity contribution in [2.75, 3.05) is 0 Å². The number of hydrogen-bond acceptors (Lipinski definition) is 1. The van der Waals surface area contributed by atoms with E-state index in [9.17, 15) is 8.78 Å². The van der Waals surface area contributed by atoms with Gasteiger partial charge in [0.25, 0.3) is 5.92 Å². The number of rotatable bonds is 2. The van der Waals surface area contributed by atoms with Crippen molar-refractivity contribution in [1.29, 1.82) is 0 Å². The zero-order valence-corrected chi connectivity index (χ0v) is 11.3. The highest BCUT2D eigenvalue weighted by molar-refractivity contribution is 5.32. The first kappa shape index (κ1) is 18.1. The molecule has 0 aliphatic rings. The Hall–Kier alpha value is -1.25. The minimum Gasteiger partial charge on any atom is -0.307 e. The fourth-order valence-corrected chi connectivity index (χ4v) is 1.33. The minimum absolute atomic E-state index is 0.106. The molecule has 0 saturated carbocycles. The lowest BCUT2D eigenvalue weighted by molar-refractivity contribution is -0.0980. The summed E-state index contributed by atoms with van der Waals surface area (Å²) < 4.78 is 25.8. The first-order valence-electron chi connectivity index (χ1n) is 5.72. The molecule has 0 spiro atoms. The van der Waals surface area contributed by atoms with Gasteiger partial charge in [-0.1, -0.05) is 32.9 Å². The fraction of sp³-hybridized carbons (Fsp3) is 0.500.